The Hall–Kier alpha value is -1.50. The molecule has 1 amide bonds. The van der Waals surface area contributed by atoms with E-state index in [4.69, 9.17) is 19.7 Å². The molecule has 0 aromatic rings. The molecule has 1 unspecified atom stereocenters. The highest BCUT2D eigenvalue weighted by Gasteiger charge is 2.30. The number of carbonyl (C=O) groups excluding carboxylic acids is 1. The maximum atomic E-state index is 12.0. The molecular formula is C16H30N2O5. The van der Waals surface area contributed by atoms with Gasteiger partial charge in [0.15, 0.2) is 0 Å². The minimum absolute atomic E-state index is 0.150. The molecule has 2 heterocycles. The van der Waals surface area contributed by atoms with E-state index in [2.05, 4.69) is 5.32 Å². The van der Waals surface area contributed by atoms with E-state index in [-0.39, 0.29) is 6.09 Å². The maximum absolute atomic E-state index is 12.0. The first-order chi connectivity index (χ1) is 10.7. The molecule has 7 heteroatoms. The van der Waals surface area contributed by atoms with Gasteiger partial charge in [-0.1, -0.05) is 6.42 Å². The van der Waals surface area contributed by atoms with Gasteiger partial charge in [0.1, 0.15) is 5.60 Å². The number of nitrogens with zero attached hydrogens (tertiary/aromatic N) is 1. The lowest BCUT2D eigenvalue weighted by Crippen LogP contribution is -2.47. The summed E-state index contributed by atoms with van der Waals surface area (Å²) in [6.45, 7) is 8.61. The molecule has 2 aliphatic heterocycles. The molecule has 0 aromatic heterocycles. The van der Waals surface area contributed by atoms with Crippen LogP contribution in [0, 0.1) is 5.92 Å². The van der Waals surface area contributed by atoms with Crippen LogP contribution in [0.2, 0.25) is 0 Å². The average molecular weight is 330 g/mol. The van der Waals surface area contributed by atoms with Crippen LogP contribution in [0.5, 0.6) is 0 Å². The van der Waals surface area contributed by atoms with Gasteiger partial charge in [-0.15, -0.1) is 0 Å². The number of rotatable bonds is 1. The molecule has 23 heavy (non-hydrogen) atoms. The van der Waals surface area contributed by atoms with Crippen molar-refractivity contribution in [1.82, 2.24) is 10.2 Å². The predicted octanol–water partition coefficient (Wildman–Crippen LogP) is 3.00. The molecule has 0 bridgehead atoms. The first-order valence-electron chi connectivity index (χ1n) is 8.32. The summed E-state index contributed by atoms with van der Waals surface area (Å²) < 4.78 is 5.43. The third kappa shape index (κ3) is 8.06. The maximum Gasteiger partial charge on any atom is 0.503 e. The van der Waals surface area contributed by atoms with E-state index in [0.717, 1.165) is 38.4 Å². The quantitative estimate of drug-likeness (QED) is 0.683. The fraction of sp³-hybridized carbons (Fsp3) is 0.875. The van der Waals surface area contributed by atoms with Gasteiger partial charge in [0.05, 0.1) is 0 Å². The van der Waals surface area contributed by atoms with Crippen LogP contribution in [0.15, 0.2) is 0 Å². The first kappa shape index (κ1) is 19.5. The van der Waals surface area contributed by atoms with Crippen molar-refractivity contribution in [3.05, 3.63) is 0 Å². The summed E-state index contributed by atoms with van der Waals surface area (Å²) in [4.78, 5) is 22.4. The summed E-state index contributed by atoms with van der Waals surface area (Å²) in [7, 11) is 0. The lowest BCUT2D eigenvalue weighted by Gasteiger charge is -2.38. The monoisotopic (exact) mass is 330 g/mol. The van der Waals surface area contributed by atoms with Gasteiger partial charge in [-0.2, -0.15) is 0 Å². The molecule has 2 aliphatic rings. The van der Waals surface area contributed by atoms with Crippen molar-refractivity contribution >= 4 is 12.2 Å². The van der Waals surface area contributed by atoms with E-state index in [1.165, 1.54) is 19.3 Å². The Labute approximate surface area is 138 Å². The summed E-state index contributed by atoms with van der Waals surface area (Å²) in [6, 6.07) is 0.675. The first-order valence-corrected chi connectivity index (χ1v) is 8.32. The largest absolute Gasteiger partial charge is 0.503 e. The van der Waals surface area contributed by atoms with E-state index in [9.17, 15) is 4.79 Å². The summed E-state index contributed by atoms with van der Waals surface area (Å²) in [6.07, 6.45) is 4.20. The third-order valence-electron chi connectivity index (χ3n) is 4.11. The molecule has 0 spiro atoms. The van der Waals surface area contributed by atoms with Crippen LogP contribution in [0.3, 0.4) is 0 Å². The van der Waals surface area contributed by atoms with Gasteiger partial charge in [-0.3, -0.25) is 0 Å². The number of hydrogen-bond donors (Lipinski definition) is 3. The van der Waals surface area contributed by atoms with E-state index in [1.54, 1.807) is 0 Å². The second-order valence-corrected chi connectivity index (χ2v) is 7.14. The Morgan fingerprint density at radius 1 is 1.09 bits per heavy atom. The normalized spacial score (nSPS) is 22.7. The van der Waals surface area contributed by atoms with Gasteiger partial charge in [-0.25, -0.2) is 9.59 Å². The van der Waals surface area contributed by atoms with Gasteiger partial charge in [0, 0.05) is 19.1 Å². The molecule has 2 saturated heterocycles. The number of likely N-dealkylation sites (tertiary alicyclic amines) is 1. The fourth-order valence-electron chi connectivity index (χ4n) is 3.09. The van der Waals surface area contributed by atoms with Crippen molar-refractivity contribution in [2.45, 2.75) is 64.5 Å². The zero-order chi connectivity index (χ0) is 17.5. The van der Waals surface area contributed by atoms with Crippen molar-refractivity contribution in [1.29, 1.82) is 0 Å². The molecule has 0 saturated carbocycles. The standard InChI is InChI=1S/C15H28N2O2.CH2O3/c1-15(2,3)19-14(18)17-10-7-12(8-11-17)13-6-4-5-9-16-13;2-1(3)4/h12-13,16H,4-11H2,1-3H3;(H2,2,3,4). The van der Waals surface area contributed by atoms with Crippen molar-refractivity contribution in [2.75, 3.05) is 19.6 Å². The summed E-state index contributed by atoms with van der Waals surface area (Å²) >= 11 is 0. The van der Waals surface area contributed by atoms with Gasteiger partial charge < -0.3 is 25.2 Å². The van der Waals surface area contributed by atoms with Crippen LogP contribution >= 0.6 is 0 Å². The zero-order valence-corrected chi connectivity index (χ0v) is 14.4. The molecule has 3 N–H and O–H groups in total. The van der Waals surface area contributed by atoms with Crippen molar-refractivity contribution < 1.29 is 24.5 Å². The molecule has 2 rings (SSSR count). The molecule has 2 fully saturated rings. The minimum atomic E-state index is -1.83. The number of amides is 1. The summed E-state index contributed by atoms with van der Waals surface area (Å²) in [5.41, 5.74) is -0.390. The SMILES string of the molecule is CC(C)(C)OC(=O)N1CCC(C2CCCCN2)CC1.O=C(O)O. The highest BCUT2D eigenvalue weighted by Crippen LogP contribution is 2.26. The highest BCUT2D eigenvalue weighted by molar-refractivity contribution is 5.68. The third-order valence-corrected chi connectivity index (χ3v) is 4.11. The van der Waals surface area contributed by atoms with Crippen molar-refractivity contribution in [3.63, 3.8) is 0 Å². The van der Waals surface area contributed by atoms with Crippen LogP contribution in [0.25, 0.3) is 0 Å². The van der Waals surface area contributed by atoms with Gasteiger partial charge >= 0.3 is 12.2 Å². The van der Waals surface area contributed by atoms with Crippen molar-refractivity contribution in [3.8, 4) is 0 Å². The van der Waals surface area contributed by atoms with E-state index in [0.29, 0.717) is 6.04 Å². The van der Waals surface area contributed by atoms with Crippen LogP contribution in [0.4, 0.5) is 9.59 Å². The van der Waals surface area contributed by atoms with Crippen LogP contribution in [-0.4, -0.2) is 58.6 Å². The number of piperidine rings is 2. The second kappa shape index (κ2) is 8.96. The zero-order valence-electron chi connectivity index (χ0n) is 14.4. The number of carbonyl (C=O) groups is 2. The molecule has 0 aromatic carbocycles. The number of carboxylic acid groups (broad SMARTS) is 2. The predicted molar refractivity (Wildman–Crippen MR) is 86.8 cm³/mol. The van der Waals surface area contributed by atoms with Crippen LogP contribution in [0.1, 0.15) is 52.9 Å². The molecule has 134 valence electrons. The minimum Gasteiger partial charge on any atom is -0.450 e. The Morgan fingerprint density at radius 2 is 1.65 bits per heavy atom. The fourth-order valence-corrected chi connectivity index (χ4v) is 3.09. The molecule has 7 nitrogen and oxygen atoms in total. The number of hydrogen-bond acceptors (Lipinski definition) is 4. The smallest absolute Gasteiger partial charge is 0.450 e. The molecule has 1 atom stereocenters. The summed E-state index contributed by atoms with van der Waals surface area (Å²) in [5, 5.41) is 17.6. The van der Waals surface area contributed by atoms with Gasteiger partial charge in [-0.05, 0) is 58.9 Å². The van der Waals surface area contributed by atoms with E-state index < -0.39 is 11.8 Å². The van der Waals surface area contributed by atoms with Gasteiger partial charge in [0.25, 0.3) is 0 Å². The summed E-state index contributed by atoms with van der Waals surface area (Å²) in [5.74, 6) is 0.735. The second-order valence-electron chi connectivity index (χ2n) is 7.14. The van der Waals surface area contributed by atoms with Crippen molar-refractivity contribution in [2.24, 2.45) is 5.92 Å². The Kier molecular flexibility index (Phi) is 7.61. The Bertz CT molecular complexity index is 376. The van der Waals surface area contributed by atoms with Crippen LogP contribution < -0.4 is 5.32 Å². The Balaban J connectivity index is 0.000000593. The highest BCUT2D eigenvalue weighted by atomic mass is 16.6. The Morgan fingerprint density at radius 3 is 2.09 bits per heavy atom. The van der Waals surface area contributed by atoms with E-state index in [1.807, 2.05) is 25.7 Å². The average Bonchev–Trinajstić information content (AvgIpc) is 2.46. The lowest BCUT2D eigenvalue weighted by molar-refractivity contribution is 0.0164. The van der Waals surface area contributed by atoms with Crippen LogP contribution in [-0.2, 0) is 4.74 Å². The molecule has 0 aliphatic carbocycles. The number of nitrogens with one attached hydrogen (secondary N) is 1. The topological polar surface area (TPSA) is 99.1 Å². The lowest BCUT2D eigenvalue weighted by atomic mass is 9.85. The molecular weight excluding hydrogens is 300 g/mol. The molecule has 0 radical (unpaired) electrons. The van der Waals surface area contributed by atoms with Gasteiger partial charge in [0.2, 0.25) is 0 Å². The van der Waals surface area contributed by atoms with E-state index >= 15 is 0 Å². The number of ether oxygens (including phenoxy) is 1.